The molecule has 0 unspecified atom stereocenters. The Bertz CT molecular complexity index is 805. The molecular formula is C19H19F3N2O3. The predicted octanol–water partition coefficient (Wildman–Crippen LogP) is 3.38. The SMILES string of the molecule is COc1ccc(CNC(=O)CN(C(C)=O)c2ccccc2C(F)(F)F)cc1. The molecule has 1 N–H and O–H groups in total. The Balaban J connectivity index is 2.10. The summed E-state index contributed by atoms with van der Waals surface area (Å²) in [5.74, 6) is -0.569. The molecule has 0 atom stereocenters. The van der Waals surface area contributed by atoms with Gasteiger partial charge in [-0.2, -0.15) is 13.2 Å². The molecule has 27 heavy (non-hydrogen) atoms. The second-order valence-electron chi connectivity index (χ2n) is 5.74. The largest absolute Gasteiger partial charge is 0.497 e. The van der Waals surface area contributed by atoms with Gasteiger partial charge < -0.3 is 15.0 Å². The van der Waals surface area contributed by atoms with Gasteiger partial charge in [0.1, 0.15) is 12.3 Å². The van der Waals surface area contributed by atoms with E-state index in [-0.39, 0.29) is 12.2 Å². The molecule has 2 amide bonds. The number of amides is 2. The van der Waals surface area contributed by atoms with E-state index in [9.17, 15) is 22.8 Å². The second-order valence-corrected chi connectivity index (χ2v) is 5.74. The Morgan fingerprint density at radius 1 is 1.07 bits per heavy atom. The number of para-hydroxylation sites is 1. The predicted molar refractivity (Wildman–Crippen MR) is 94.3 cm³/mol. The Labute approximate surface area is 154 Å². The van der Waals surface area contributed by atoms with Crippen molar-refractivity contribution in [3.05, 3.63) is 59.7 Å². The van der Waals surface area contributed by atoms with Crippen LogP contribution in [0.4, 0.5) is 18.9 Å². The number of halogens is 3. The highest BCUT2D eigenvalue weighted by molar-refractivity contribution is 5.98. The van der Waals surface area contributed by atoms with E-state index in [0.717, 1.165) is 23.5 Å². The lowest BCUT2D eigenvalue weighted by Gasteiger charge is -2.24. The molecule has 2 aromatic rings. The summed E-state index contributed by atoms with van der Waals surface area (Å²) in [6.07, 6.45) is -4.64. The zero-order chi connectivity index (χ0) is 20.0. The van der Waals surface area contributed by atoms with E-state index in [1.54, 1.807) is 24.3 Å². The number of methoxy groups -OCH3 is 1. The number of rotatable bonds is 6. The molecule has 0 saturated heterocycles. The molecule has 0 aliphatic heterocycles. The Hall–Kier alpha value is -3.03. The average molecular weight is 380 g/mol. The summed E-state index contributed by atoms with van der Waals surface area (Å²) in [5, 5.41) is 2.59. The molecule has 0 spiro atoms. The highest BCUT2D eigenvalue weighted by Crippen LogP contribution is 2.36. The molecule has 0 aromatic heterocycles. The van der Waals surface area contributed by atoms with Crippen molar-refractivity contribution in [2.45, 2.75) is 19.6 Å². The molecule has 0 bridgehead atoms. The number of anilines is 1. The summed E-state index contributed by atoms with van der Waals surface area (Å²) in [7, 11) is 1.53. The monoisotopic (exact) mass is 380 g/mol. The summed E-state index contributed by atoms with van der Waals surface area (Å²) < 4.78 is 44.6. The highest BCUT2D eigenvalue weighted by atomic mass is 19.4. The minimum atomic E-state index is -4.64. The molecule has 0 fully saturated rings. The first kappa shape index (κ1) is 20.3. The van der Waals surface area contributed by atoms with Crippen molar-refractivity contribution in [3.63, 3.8) is 0 Å². The number of benzene rings is 2. The molecule has 8 heteroatoms. The zero-order valence-corrected chi connectivity index (χ0v) is 14.8. The van der Waals surface area contributed by atoms with Gasteiger partial charge in [0, 0.05) is 13.5 Å². The van der Waals surface area contributed by atoms with Crippen LogP contribution in [-0.4, -0.2) is 25.5 Å². The zero-order valence-electron chi connectivity index (χ0n) is 14.8. The number of carbonyl (C=O) groups excluding carboxylic acids is 2. The normalized spacial score (nSPS) is 11.0. The number of alkyl halides is 3. The summed E-state index contributed by atoms with van der Waals surface area (Å²) in [6, 6.07) is 11.6. The Morgan fingerprint density at radius 3 is 2.26 bits per heavy atom. The van der Waals surface area contributed by atoms with Crippen molar-refractivity contribution in [3.8, 4) is 5.75 Å². The number of hydrogen-bond donors (Lipinski definition) is 1. The number of nitrogens with zero attached hydrogens (tertiary/aromatic N) is 1. The van der Waals surface area contributed by atoms with Crippen LogP contribution in [0.15, 0.2) is 48.5 Å². The highest BCUT2D eigenvalue weighted by Gasteiger charge is 2.35. The standard InChI is InChI=1S/C19H19F3N2O3/c1-13(25)24(17-6-4-3-5-16(17)19(20,21)22)12-18(26)23-11-14-7-9-15(27-2)10-8-14/h3-10H,11-12H2,1-2H3,(H,23,26). The third kappa shape index (κ3) is 5.47. The Morgan fingerprint density at radius 2 is 1.70 bits per heavy atom. The van der Waals surface area contributed by atoms with Crippen LogP contribution >= 0.6 is 0 Å². The molecule has 0 saturated carbocycles. The minimum Gasteiger partial charge on any atom is -0.497 e. The van der Waals surface area contributed by atoms with Gasteiger partial charge in [0.2, 0.25) is 11.8 Å². The van der Waals surface area contributed by atoms with E-state index < -0.39 is 30.1 Å². The van der Waals surface area contributed by atoms with Crippen molar-refractivity contribution in [2.24, 2.45) is 0 Å². The number of carbonyl (C=O) groups is 2. The van der Waals surface area contributed by atoms with Gasteiger partial charge >= 0.3 is 6.18 Å². The van der Waals surface area contributed by atoms with E-state index in [2.05, 4.69) is 5.32 Å². The number of nitrogens with one attached hydrogen (secondary N) is 1. The fraction of sp³-hybridized carbons (Fsp3) is 0.263. The third-order valence-electron chi connectivity index (χ3n) is 3.83. The van der Waals surface area contributed by atoms with Crippen LogP contribution in [0, 0.1) is 0 Å². The van der Waals surface area contributed by atoms with Gasteiger partial charge in [-0.3, -0.25) is 9.59 Å². The average Bonchev–Trinajstić information content (AvgIpc) is 2.64. The van der Waals surface area contributed by atoms with E-state index in [1.807, 2.05) is 0 Å². The molecule has 2 rings (SSSR count). The summed E-state index contributed by atoms with van der Waals surface area (Å²) in [5.41, 5.74) is -0.533. The van der Waals surface area contributed by atoms with Gasteiger partial charge in [0.25, 0.3) is 0 Å². The van der Waals surface area contributed by atoms with E-state index in [1.165, 1.54) is 25.3 Å². The molecule has 144 valence electrons. The van der Waals surface area contributed by atoms with Crippen LogP contribution in [-0.2, 0) is 22.3 Å². The smallest absolute Gasteiger partial charge is 0.418 e. The maximum atomic E-state index is 13.2. The lowest BCUT2D eigenvalue weighted by atomic mass is 10.1. The van der Waals surface area contributed by atoms with E-state index in [4.69, 9.17) is 4.74 Å². The third-order valence-corrected chi connectivity index (χ3v) is 3.83. The van der Waals surface area contributed by atoms with Crippen molar-refractivity contribution < 1.29 is 27.5 Å². The fourth-order valence-electron chi connectivity index (χ4n) is 2.46. The maximum Gasteiger partial charge on any atom is 0.418 e. The first-order chi connectivity index (χ1) is 12.7. The molecule has 0 aliphatic carbocycles. The van der Waals surface area contributed by atoms with Crippen molar-refractivity contribution in [1.82, 2.24) is 5.32 Å². The topological polar surface area (TPSA) is 58.6 Å². The summed E-state index contributed by atoms with van der Waals surface area (Å²) in [4.78, 5) is 24.9. The summed E-state index contributed by atoms with van der Waals surface area (Å²) >= 11 is 0. The molecule has 2 aromatic carbocycles. The van der Waals surface area contributed by atoms with Crippen molar-refractivity contribution >= 4 is 17.5 Å². The van der Waals surface area contributed by atoms with E-state index in [0.29, 0.717) is 5.75 Å². The maximum absolute atomic E-state index is 13.2. The molecule has 0 heterocycles. The molecule has 0 aliphatic rings. The lowest BCUT2D eigenvalue weighted by molar-refractivity contribution is -0.137. The van der Waals surface area contributed by atoms with Crippen LogP contribution in [0.3, 0.4) is 0 Å². The van der Waals surface area contributed by atoms with Gasteiger partial charge in [-0.05, 0) is 29.8 Å². The lowest BCUT2D eigenvalue weighted by Crippen LogP contribution is -2.40. The van der Waals surface area contributed by atoms with Gasteiger partial charge in [-0.15, -0.1) is 0 Å². The number of ether oxygens (including phenoxy) is 1. The van der Waals surface area contributed by atoms with Crippen LogP contribution in [0.5, 0.6) is 5.75 Å². The van der Waals surface area contributed by atoms with Crippen molar-refractivity contribution in [1.29, 1.82) is 0 Å². The van der Waals surface area contributed by atoms with Gasteiger partial charge in [-0.1, -0.05) is 24.3 Å². The van der Waals surface area contributed by atoms with Crippen LogP contribution in [0.2, 0.25) is 0 Å². The molecule has 0 radical (unpaired) electrons. The van der Waals surface area contributed by atoms with Crippen molar-refractivity contribution in [2.75, 3.05) is 18.6 Å². The fourth-order valence-corrected chi connectivity index (χ4v) is 2.46. The molecular weight excluding hydrogens is 361 g/mol. The number of hydrogen-bond acceptors (Lipinski definition) is 3. The van der Waals surface area contributed by atoms with Crippen LogP contribution < -0.4 is 15.0 Å². The van der Waals surface area contributed by atoms with Crippen LogP contribution in [0.25, 0.3) is 0 Å². The van der Waals surface area contributed by atoms with E-state index >= 15 is 0 Å². The van der Waals surface area contributed by atoms with Crippen LogP contribution in [0.1, 0.15) is 18.1 Å². The van der Waals surface area contributed by atoms with Gasteiger partial charge in [0.05, 0.1) is 18.4 Å². The van der Waals surface area contributed by atoms with Gasteiger partial charge in [0.15, 0.2) is 0 Å². The first-order valence-corrected chi connectivity index (χ1v) is 8.06. The quantitative estimate of drug-likeness (QED) is 0.836. The second kappa shape index (κ2) is 8.57. The first-order valence-electron chi connectivity index (χ1n) is 8.06. The molecule has 5 nitrogen and oxygen atoms in total. The minimum absolute atomic E-state index is 0.176. The Kier molecular flexibility index (Phi) is 6.44. The summed E-state index contributed by atoms with van der Waals surface area (Å²) in [6.45, 7) is 0.776. The van der Waals surface area contributed by atoms with Gasteiger partial charge in [-0.25, -0.2) is 0 Å².